The van der Waals surface area contributed by atoms with Crippen molar-refractivity contribution >= 4 is 11.9 Å². The van der Waals surface area contributed by atoms with Crippen LogP contribution in [0, 0.1) is 0 Å². The monoisotopic (exact) mass is 122 g/mol. The Morgan fingerprint density at radius 2 is 2.29 bits per heavy atom. The van der Waals surface area contributed by atoms with Gasteiger partial charge in [-0.15, -0.1) is 0 Å². The Hall–Kier alpha value is 0.250. The van der Waals surface area contributed by atoms with Gasteiger partial charge >= 0.3 is 0 Å². The lowest BCUT2D eigenvalue weighted by Gasteiger charge is -2.01. The van der Waals surface area contributed by atoms with Crippen molar-refractivity contribution in [3.8, 4) is 0 Å². The molecule has 1 nitrogen and oxygen atoms in total. The number of hydrogen-bond acceptors (Lipinski definition) is 1. The summed E-state index contributed by atoms with van der Waals surface area (Å²) in [5.74, 6) is 0. The van der Waals surface area contributed by atoms with Gasteiger partial charge < -0.3 is 0 Å². The molecule has 0 aliphatic heterocycles. The van der Waals surface area contributed by atoms with Crippen LogP contribution >= 0.6 is 11.9 Å². The molecule has 0 radical (unpaired) electrons. The van der Waals surface area contributed by atoms with Crippen LogP contribution in [0.2, 0.25) is 0 Å². The lowest BCUT2D eigenvalue weighted by Crippen LogP contribution is -1.98. The van der Waals surface area contributed by atoms with Crippen molar-refractivity contribution in [3.63, 3.8) is 0 Å². The Balaban J connectivity index is 2.83. The quantitative estimate of drug-likeness (QED) is 0.559. The van der Waals surface area contributed by atoms with Crippen LogP contribution < -0.4 is 0 Å². The third-order valence-electron chi connectivity index (χ3n) is 0.847. The number of halogens is 1. The van der Waals surface area contributed by atoms with Gasteiger partial charge in [0, 0.05) is 0 Å². The Kier molecular flexibility index (Phi) is 4.57. The van der Waals surface area contributed by atoms with E-state index in [1.165, 1.54) is 0 Å². The third-order valence-corrected chi connectivity index (χ3v) is 1.15. The van der Waals surface area contributed by atoms with E-state index in [0.29, 0.717) is 0 Å². The molecule has 0 saturated heterocycles. The zero-order chi connectivity index (χ0) is 5.70. The average molecular weight is 123 g/mol. The van der Waals surface area contributed by atoms with Gasteiger partial charge in [0.1, 0.15) is 0 Å². The minimum absolute atomic E-state index is 0.215. The summed E-state index contributed by atoms with van der Waals surface area (Å²) in [6.07, 6.45) is 2.39. The second-order valence-electron chi connectivity index (χ2n) is 1.69. The standard InChI is InChI=1S/C5H11ClO/c1-3-4-5(2)7-6/h5H,3-4H2,1-2H3. The van der Waals surface area contributed by atoms with E-state index >= 15 is 0 Å². The predicted molar refractivity (Wildman–Crippen MR) is 31.3 cm³/mol. The molecule has 0 N–H and O–H groups in total. The first kappa shape index (κ1) is 7.25. The maximum Gasteiger partial charge on any atom is 0.0762 e. The zero-order valence-corrected chi connectivity index (χ0v) is 5.53. The van der Waals surface area contributed by atoms with Gasteiger partial charge in [0.25, 0.3) is 0 Å². The highest BCUT2D eigenvalue weighted by atomic mass is 35.5. The fourth-order valence-electron chi connectivity index (χ4n) is 0.451. The molecule has 7 heavy (non-hydrogen) atoms. The van der Waals surface area contributed by atoms with Crippen molar-refractivity contribution in [1.29, 1.82) is 0 Å². The largest absolute Gasteiger partial charge is 0.276 e. The van der Waals surface area contributed by atoms with Crippen LogP contribution in [0.4, 0.5) is 0 Å². The van der Waals surface area contributed by atoms with Gasteiger partial charge in [0.15, 0.2) is 0 Å². The molecule has 0 aliphatic rings. The molecule has 0 heterocycles. The van der Waals surface area contributed by atoms with Crippen LogP contribution in [0.5, 0.6) is 0 Å². The average Bonchev–Trinajstić information content (AvgIpc) is 1.68. The second kappa shape index (κ2) is 4.41. The molecule has 44 valence electrons. The molecule has 0 bridgehead atoms. The van der Waals surface area contributed by atoms with Gasteiger partial charge in [0.05, 0.1) is 18.0 Å². The normalized spacial score (nSPS) is 14.1. The summed E-state index contributed by atoms with van der Waals surface area (Å²) in [5, 5.41) is 0. The van der Waals surface area contributed by atoms with Crippen LogP contribution in [0.1, 0.15) is 26.7 Å². The van der Waals surface area contributed by atoms with Gasteiger partial charge in [0.2, 0.25) is 0 Å². The van der Waals surface area contributed by atoms with Crippen molar-refractivity contribution in [3.05, 3.63) is 0 Å². The first-order valence-corrected chi connectivity index (χ1v) is 2.89. The van der Waals surface area contributed by atoms with Crippen molar-refractivity contribution < 1.29 is 4.29 Å². The lowest BCUT2D eigenvalue weighted by molar-refractivity contribution is 0.232. The smallest absolute Gasteiger partial charge is 0.0762 e. The van der Waals surface area contributed by atoms with Gasteiger partial charge in [-0.3, -0.25) is 4.29 Å². The fourth-order valence-corrected chi connectivity index (χ4v) is 0.540. The first-order valence-electron chi connectivity index (χ1n) is 2.58. The topological polar surface area (TPSA) is 9.23 Å². The summed E-state index contributed by atoms with van der Waals surface area (Å²) in [7, 11) is 0. The maximum atomic E-state index is 5.03. The third kappa shape index (κ3) is 4.10. The van der Waals surface area contributed by atoms with E-state index in [2.05, 4.69) is 11.2 Å². The molecule has 0 aromatic carbocycles. The minimum Gasteiger partial charge on any atom is -0.276 e. The van der Waals surface area contributed by atoms with Crippen LogP contribution in [0.25, 0.3) is 0 Å². The zero-order valence-electron chi connectivity index (χ0n) is 4.78. The molecule has 1 unspecified atom stereocenters. The summed E-state index contributed by atoms with van der Waals surface area (Å²) in [5.41, 5.74) is 0. The van der Waals surface area contributed by atoms with Crippen LogP contribution in [0.3, 0.4) is 0 Å². The maximum absolute atomic E-state index is 5.03. The van der Waals surface area contributed by atoms with Crippen LogP contribution in [0.15, 0.2) is 0 Å². The Bertz CT molecular complexity index is 39.1. The SMILES string of the molecule is CCCC(C)OCl. The summed E-state index contributed by atoms with van der Waals surface area (Å²) in [6.45, 7) is 4.06. The van der Waals surface area contributed by atoms with Gasteiger partial charge in [-0.1, -0.05) is 13.3 Å². The van der Waals surface area contributed by atoms with E-state index in [0.717, 1.165) is 12.8 Å². The van der Waals surface area contributed by atoms with Crippen molar-refractivity contribution in [1.82, 2.24) is 0 Å². The molecule has 0 rings (SSSR count). The van der Waals surface area contributed by atoms with Gasteiger partial charge in [-0.25, -0.2) is 0 Å². The van der Waals surface area contributed by atoms with Gasteiger partial charge in [-0.2, -0.15) is 0 Å². The van der Waals surface area contributed by atoms with E-state index in [1.807, 2.05) is 6.92 Å². The molecule has 1 atom stereocenters. The van der Waals surface area contributed by atoms with E-state index in [9.17, 15) is 0 Å². The lowest BCUT2D eigenvalue weighted by atomic mass is 10.2. The van der Waals surface area contributed by atoms with Gasteiger partial charge in [-0.05, 0) is 13.3 Å². The van der Waals surface area contributed by atoms with Crippen molar-refractivity contribution in [2.75, 3.05) is 0 Å². The molecule has 0 aromatic rings. The van der Waals surface area contributed by atoms with E-state index in [-0.39, 0.29) is 6.10 Å². The second-order valence-corrected chi connectivity index (χ2v) is 1.87. The summed E-state index contributed by atoms with van der Waals surface area (Å²) >= 11 is 5.03. The Morgan fingerprint density at radius 1 is 1.71 bits per heavy atom. The summed E-state index contributed by atoms with van der Waals surface area (Å²) < 4.78 is 4.46. The van der Waals surface area contributed by atoms with E-state index in [1.54, 1.807) is 0 Å². The summed E-state index contributed by atoms with van der Waals surface area (Å²) in [4.78, 5) is 0. The Labute approximate surface area is 49.8 Å². The number of rotatable bonds is 3. The molecule has 0 aliphatic carbocycles. The van der Waals surface area contributed by atoms with E-state index in [4.69, 9.17) is 11.9 Å². The fraction of sp³-hybridized carbons (Fsp3) is 1.00. The Morgan fingerprint density at radius 3 is 2.43 bits per heavy atom. The van der Waals surface area contributed by atoms with Crippen molar-refractivity contribution in [2.45, 2.75) is 32.8 Å². The molecule has 0 saturated carbocycles. The molecule has 2 heteroatoms. The predicted octanol–water partition coefficient (Wildman–Crippen LogP) is 2.35. The van der Waals surface area contributed by atoms with Crippen molar-refractivity contribution in [2.24, 2.45) is 0 Å². The number of hydrogen-bond donors (Lipinski definition) is 0. The molecule has 0 fully saturated rings. The molecule has 0 aromatic heterocycles. The molecular weight excluding hydrogens is 112 g/mol. The molecular formula is C5H11ClO. The summed E-state index contributed by atoms with van der Waals surface area (Å²) in [6, 6.07) is 0. The highest BCUT2D eigenvalue weighted by Crippen LogP contribution is 2.01. The first-order chi connectivity index (χ1) is 3.31. The van der Waals surface area contributed by atoms with Crippen LogP contribution in [-0.2, 0) is 4.29 Å². The molecule has 0 spiro atoms. The minimum atomic E-state index is 0.215. The highest BCUT2D eigenvalue weighted by Gasteiger charge is 1.95. The van der Waals surface area contributed by atoms with Crippen LogP contribution in [-0.4, -0.2) is 6.10 Å². The van der Waals surface area contributed by atoms with E-state index < -0.39 is 0 Å². The molecule has 0 amide bonds. The highest BCUT2D eigenvalue weighted by molar-refractivity contribution is 6.07.